The van der Waals surface area contributed by atoms with E-state index in [-0.39, 0.29) is 35.3 Å². The number of hydrogen-bond donors (Lipinski definition) is 1. The van der Waals surface area contributed by atoms with Gasteiger partial charge in [0.15, 0.2) is 5.78 Å². The van der Waals surface area contributed by atoms with Gasteiger partial charge in [0.25, 0.3) is 0 Å². The Kier molecular flexibility index (Phi) is 4.28. The van der Waals surface area contributed by atoms with Crippen LogP contribution in [0.4, 0.5) is 4.39 Å². The van der Waals surface area contributed by atoms with Crippen LogP contribution >= 0.6 is 0 Å². The van der Waals surface area contributed by atoms with Crippen molar-refractivity contribution in [3.8, 4) is 0 Å². The lowest BCUT2D eigenvalue weighted by atomic mass is 9.78. The lowest BCUT2D eigenvalue weighted by molar-refractivity contribution is -0.136. The molecule has 0 spiro atoms. The van der Waals surface area contributed by atoms with E-state index in [0.717, 1.165) is 18.4 Å². The van der Waals surface area contributed by atoms with Gasteiger partial charge >= 0.3 is 0 Å². The highest BCUT2D eigenvalue weighted by molar-refractivity contribution is 5.99. The molecule has 1 fully saturated rings. The van der Waals surface area contributed by atoms with Crippen molar-refractivity contribution in [2.24, 2.45) is 11.8 Å². The Bertz CT molecular complexity index is 683. The van der Waals surface area contributed by atoms with Gasteiger partial charge in [0, 0.05) is 24.3 Å². The van der Waals surface area contributed by atoms with Crippen molar-refractivity contribution in [3.05, 3.63) is 34.6 Å². The molecule has 2 atom stereocenters. The van der Waals surface area contributed by atoms with Crippen LogP contribution in [0.5, 0.6) is 0 Å². The van der Waals surface area contributed by atoms with Crippen molar-refractivity contribution in [2.75, 3.05) is 0 Å². The maximum atomic E-state index is 13.6. The quantitative estimate of drug-likeness (QED) is 0.872. The number of rotatable bonds is 3. The number of ketones is 1. The molecule has 2 unspecified atom stereocenters. The molecule has 5 heteroatoms. The van der Waals surface area contributed by atoms with E-state index in [1.807, 2.05) is 0 Å². The van der Waals surface area contributed by atoms with Crippen molar-refractivity contribution in [1.29, 1.82) is 0 Å². The number of fused-ring (bicyclic) bond motifs is 1. The molecule has 1 saturated heterocycles. The molecule has 1 aliphatic carbocycles. The number of hydrogen-bond acceptors (Lipinski definition) is 3. The van der Waals surface area contributed by atoms with E-state index in [4.69, 9.17) is 0 Å². The van der Waals surface area contributed by atoms with Crippen LogP contribution in [0.1, 0.15) is 53.6 Å². The molecule has 4 nitrogen and oxygen atoms in total. The number of halogens is 1. The average Bonchev–Trinajstić information content (AvgIpc) is 2.48. The molecule has 0 radical (unpaired) electrons. The van der Waals surface area contributed by atoms with Crippen LogP contribution in [-0.4, -0.2) is 17.6 Å². The van der Waals surface area contributed by atoms with Crippen molar-refractivity contribution < 1.29 is 18.8 Å². The van der Waals surface area contributed by atoms with E-state index in [9.17, 15) is 18.8 Å². The predicted molar refractivity (Wildman–Crippen MR) is 82.4 cm³/mol. The summed E-state index contributed by atoms with van der Waals surface area (Å²) in [5, 5.41) is 2.37. The summed E-state index contributed by atoms with van der Waals surface area (Å²) in [4.78, 5) is 35.2. The summed E-state index contributed by atoms with van der Waals surface area (Å²) >= 11 is 0. The number of piperidine rings is 1. The lowest BCUT2D eigenvalue weighted by Gasteiger charge is -2.26. The Morgan fingerprint density at radius 3 is 2.70 bits per heavy atom. The normalized spacial score (nSPS) is 24.3. The monoisotopic (exact) mass is 317 g/mol. The second-order valence-electron chi connectivity index (χ2n) is 6.68. The number of amides is 2. The van der Waals surface area contributed by atoms with Crippen LogP contribution < -0.4 is 5.32 Å². The first kappa shape index (κ1) is 15.8. The van der Waals surface area contributed by atoms with E-state index in [0.29, 0.717) is 36.8 Å². The number of imide groups is 1. The molecule has 1 aliphatic heterocycles. The SMILES string of the molecule is Cc1cc2c(cc1F)C(=O)CC(CCC1CCC(=O)NC1=O)C2. The molecule has 1 heterocycles. The topological polar surface area (TPSA) is 63.2 Å². The maximum Gasteiger partial charge on any atom is 0.229 e. The molecule has 3 rings (SSSR count). The van der Waals surface area contributed by atoms with Gasteiger partial charge in [0.2, 0.25) is 11.8 Å². The third-order valence-corrected chi connectivity index (χ3v) is 4.94. The van der Waals surface area contributed by atoms with E-state index < -0.39 is 0 Å². The fourth-order valence-electron chi connectivity index (χ4n) is 3.58. The van der Waals surface area contributed by atoms with Gasteiger partial charge in [-0.2, -0.15) is 0 Å². The standard InChI is InChI=1S/C18H20FNO3/c1-10-6-13-7-11(8-16(21)14(13)9-15(10)19)2-3-12-4-5-17(22)20-18(12)23/h6,9,11-12H,2-5,7-8H2,1H3,(H,20,22,23). The third-order valence-electron chi connectivity index (χ3n) is 4.94. The molecule has 1 aromatic carbocycles. The van der Waals surface area contributed by atoms with Crippen LogP contribution in [0.3, 0.4) is 0 Å². The number of aryl methyl sites for hydroxylation is 1. The number of benzene rings is 1. The van der Waals surface area contributed by atoms with Crippen LogP contribution in [0.25, 0.3) is 0 Å². The summed E-state index contributed by atoms with van der Waals surface area (Å²) in [6.07, 6.45) is 3.59. The Labute approximate surface area is 134 Å². The first-order valence-corrected chi connectivity index (χ1v) is 8.10. The molecule has 1 N–H and O–H groups in total. The van der Waals surface area contributed by atoms with E-state index in [1.54, 1.807) is 13.0 Å². The minimum Gasteiger partial charge on any atom is -0.296 e. The summed E-state index contributed by atoms with van der Waals surface area (Å²) in [5.74, 6) is -0.700. The van der Waals surface area contributed by atoms with E-state index >= 15 is 0 Å². The molecule has 2 amide bonds. The summed E-state index contributed by atoms with van der Waals surface area (Å²) < 4.78 is 13.6. The summed E-state index contributed by atoms with van der Waals surface area (Å²) in [5.41, 5.74) is 1.97. The van der Waals surface area contributed by atoms with Gasteiger partial charge in [-0.05, 0) is 55.7 Å². The Morgan fingerprint density at radius 1 is 1.17 bits per heavy atom. The van der Waals surface area contributed by atoms with Gasteiger partial charge < -0.3 is 0 Å². The second-order valence-corrected chi connectivity index (χ2v) is 6.68. The van der Waals surface area contributed by atoms with Crippen molar-refractivity contribution in [3.63, 3.8) is 0 Å². The third kappa shape index (κ3) is 3.33. The van der Waals surface area contributed by atoms with Crippen LogP contribution in [0.2, 0.25) is 0 Å². The molecule has 0 bridgehead atoms. The fraction of sp³-hybridized carbons (Fsp3) is 0.500. The Morgan fingerprint density at radius 2 is 1.96 bits per heavy atom. The number of Topliss-reactive ketones (excluding diaryl/α,β-unsaturated/α-hetero) is 1. The Balaban J connectivity index is 1.64. The van der Waals surface area contributed by atoms with Crippen molar-refractivity contribution >= 4 is 17.6 Å². The molecule has 0 saturated carbocycles. The predicted octanol–water partition coefficient (Wildman–Crippen LogP) is 2.71. The van der Waals surface area contributed by atoms with Crippen molar-refractivity contribution in [2.45, 2.75) is 45.4 Å². The summed E-state index contributed by atoms with van der Waals surface area (Å²) in [7, 11) is 0. The zero-order valence-corrected chi connectivity index (χ0v) is 13.2. The van der Waals surface area contributed by atoms with Gasteiger partial charge in [-0.25, -0.2) is 4.39 Å². The molecule has 2 aliphatic rings. The second kappa shape index (κ2) is 6.22. The van der Waals surface area contributed by atoms with E-state index in [1.165, 1.54) is 6.07 Å². The molecular formula is C18H20FNO3. The highest BCUT2D eigenvalue weighted by Crippen LogP contribution is 2.32. The maximum absolute atomic E-state index is 13.6. The van der Waals surface area contributed by atoms with Crippen LogP contribution in [0.15, 0.2) is 12.1 Å². The Hall–Kier alpha value is -2.04. The average molecular weight is 317 g/mol. The van der Waals surface area contributed by atoms with Gasteiger partial charge in [-0.1, -0.05) is 6.07 Å². The number of carbonyl (C=O) groups excluding carboxylic acids is 3. The minimum absolute atomic E-state index is 0.0153. The van der Waals surface area contributed by atoms with E-state index in [2.05, 4.69) is 5.32 Å². The fourth-order valence-corrected chi connectivity index (χ4v) is 3.58. The molecule has 1 aromatic rings. The zero-order chi connectivity index (χ0) is 16.6. The first-order valence-electron chi connectivity index (χ1n) is 8.10. The minimum atomic E-state index is -0.334. The van der Waals surface area contributed by atoms with Gasteiger partial charge in [-0.15, -0.1) is 0 Å². The van der Waals surface area contributed by atoms with Crippen molar-refractivity contribution in [1.82, 2.24) is 5.32 Å². The molecular weight excluding hydrogens is 297 g/mol. The van der Waals surface area contributed by atoms with Gasteiger partial charge in [-0.3, -0.25) is 19.7 Å². The highest BCUT2D eigenvalue weighted by atomic mass is 19.1. The summed E-state index contributed by atoms with van der Waals surface area (Å²) in [6, 6.07) is 3.12. The van der Waals surface area contributed by atoms with Gasteiger partial charge in [0.05, 0.1) is 0 Å². The zero-order valence-electron chi connectivity index (χ0n) is 13.2. The molecule has 23 heavy (non-hydrogen) atoms. The smallest absolute Gasteiger partial charge is 0.229 e. The highest BCUT2D eigenvalue weighted by Gasteiger charge is 2.30. The lowest BCUT2D eigenvalue weighted by Crippen LogP contribution is -2.40. The first-order chi connectivity index (χ1) is 10.9. The van der Waals surface area contributed by atoms with Gasteiger partial charge in [0.1, 0.15) is 5.82 Å². The molecule has 122 valence electrons. The van der Waals surface area contributed by atoms with Crippen LogP contribution in [0, 0.1) is 24.6 Å². The number of carbonyl (C=O) groups is 3. The molecule has 0 aromatic heterocycles. The van der Waals surface area contributed by atoms with Crippen LogP contribution in [-0.2, 0) is 16.0 Å². The largest absolute Gasteiger partial charge is 0.296 e. The summed E-state index contributed by atoms with van der Waals surface area (Å²) in [6.45, 7) is 1.70. The number of nitrogens with one attached hydrogen (secondary N) is 1.